The maximum atomic E-state index is 5.85. The Morgan fingerprint density at radius 2 is 1.81 bits per heavy atom. The Kier molecular flexibility index (Phi) is 3.09. The van der Waals surface area contributed by atoms with Crippen LogP contribution < -0.4 is 5.73 Å². The van der Waals surface area contributed by atoms with Crippen molar-refractivity contribution < 1.29 is 0 Å². The van der Waals surface area contributed by atoms with Gasteiger partial charge in [0.05, 0.1) is 9.26 Å². The summed E-state index contributed by atoms with van der Waals surface area (Å²) in [5.41, 5.74) is 8.96. The molecule has 0 saturated heterocycles. The normalized spacial score (nSPS) is 10.4. The Bertz CT molecular complexity index is 515. The van der Waals surface area contributed by atoms with Gasteiger partial charge in [0.15, 0.2) is 5.82 Å². The molecular weight excluding hydrogens is 313 g/mol. The molecule has 0 fully saturated rings. The van der Waals surface area contributed by atoms with Gasteiger partial charge in [-0.3, -0.25) is 0 Å². The zero-order chi connectivity index (χ0) is 11.7. The quantitative estimate of drug-likeness (QED) is 0.820. The van der Waals surface area contributed by atoms with Crippen LogP contribution in [0.15, 0.2) is 24.3 Å². The fourth-order valence-corrected chi connectivity index (χ4v) is 1.77. The third kappa shape index (κ3) is 2.02. The lowest BCUT2D eigenvalue weighted by Gasteiger charge is -2.07. The number of nitrogens with two attached hydrogens (primary N) is 1. The molecule has 0 aliphatic heterocycles. The van der Waals surface area contributed by atoms with Crippen LogP contribution in [-0.4, -0.2) is 9.97 Å². The van der Waals surface area contributed by atoms with Gasteiger partial charge in [-0.05, 0) is 42.0 Å². The number of rotatable bonds is 1. The van der Waals surface area contributed by atoms with Crippen LogP contribution in [0.4, 0.5) is 5.82 Å². The molecule has 1 aromatic heterocycles. The second kappa shape index (κ2) is 4.37. The molecule has 0 saturated carbocycles. The van der Waals surface area contributed by atoms with E-state index in [2.05, 4.69) is 32.6 Å². The highest BCUT2D eigenvalue weighted by Crippen LogP contribution is 2.23. The minimum Gasteiger partial charge on any atom is -0.383 e. The van der Waals surface area contributed by atoms with Crippen molar-refractivity contribution in [3.63, 3.8) is 0 Å². The predicted octanol–water partition coefficient (Wildman–Crippen LogP) is 2.95. The molecule has 0 bridgehead atoms. The van der Waals surface area contributed by atoms with Crippen molar-refractivity contribution in [3.05, 3.63) is 39.1 Å². The summed E-state index contributed by atoms with van der Waals surface area (Å²) in [6.45, 7) is 3.99. The molecule has 0 spiro atoms. The number of anilines is 1. The first kappa shape index (κ1) is 11.3. The smallest absolute Gasteiger partial charge is 0.162 e. The molecule has 0 unspecified atom stereocenters. The molecule has 2 aromatic rings. The maximum absolute atomic E-state index is 5.85. The van der Waals surface area contributed by atoms with Crippen molar-refractivity contribution in [3.8, 4) is 11.4 Å². The number of hydrogen-bond acceptors (Lipinski definition) is 3. The minimum atomic E-state index is 0.548. The van der Waals surface area contributed by atoms with Gasteiger partial charge in [-0.2, -0.15) is 0 Å². The third-order valence-electron chi connectivity index (χ3n) is 2.43. The van der Waals surface area contributed by atoms with Crippen molar-refractivity contribution in [2.24, 2.45) is 0 Å². The zero-order valence-corrected chi connectivity index (χ0v) is 11.3. The molecule has 0 atom stereocenters. The van der Waals surface area contributed by atoms with Crippen molar-refractivity contribution in [1.82, 2.24) is 9.97 Å². The Balaban J connectivity index is 2.62. The molecule has 4 heteroatoms. The van der Waals surface area contributed by atoms with E-state index in [4.69, 9.17) is 5.73 Å². The number of nitrogens with zero attached hydrogens (tertiary/aromatic N) is 2. The first-order chi connectivity index (χ1) is 7.59. The summed E-state index contributed by atoms with van der Waals surface area (Å²) in [6, 6.07) is 8.04. The highest BCUT2D eigenvalue weighted by atomic mass is 127. The first-order valence-electron chi connectivity index (χ1n) is 4.95. The molecule has 2 rings (SSSR count). The molecule has 2 N–H and O–H groups in total. The first-order valence-corrected chi connectivity index (χ1v) is 6.03. The number of aryl methyl sites for hydroxylation is 2. The van der Waals surface area contributed by atoms with Crippen molar-refractivity contribution >= 4 is 28.4 Å². The van der Waals surface area contributed by atoms with Gasteiger partial charge in [-0.1, -0.05) is 24.3 Å². The second-order valence-corrected chi connectivity index (χ2v) is 4.73. The van der Waals surface area contributed by atoms with Crippen LogP contribution in [0.2, 0.25) is 0 Å². The largest absolute Gasteiger partial charge is 0.383 e. The van der Waals surface area contributed by atoms with Gasteiger partial charge in [-0.15, -0.1) is 0 Å². The number of halogens is 1. The van der Waals surface area contributed by atoms with E-state index in [9.17, 15) is 0 Å². The van der Waals surface area contributed by atoms with Gasteiger partial charge in [-0.25, -0.2) is 9.97 Å². The predicted molar refractivity (Wildman–Crippen MR) is 74.1 cm³/mol. The number of benzene rings is 1. The molecule has 1 heterocycles. The molecule has 0 amide bonds. The van der Waals surface area contributed by atoms with Gasteiger partial charge in [0.1, 0.15) is 5.82 Å². The van der Waals surface area contributed by atoms with Gasteiger partial charge in [0.2, 0.25) is 0 Å². The van der Waals surface area contributed by atoms with Crippen LogP contribution in [0.1, 0.15) is 11.3 Å². The molecule has 82 valence electrons. The lowest BCUT2D eigenvalue weighted by Crippen LogP contribution is -2.02. The van der Waals surface area contributed by atoms with E-state index in [1.54, 1.807) is 0 Å². The van der Waals surface area contributed by atoms with Crippen molar-refractivity contribution in [1.29, 1.82) is 0 Å². The SMILES string of the molecule is Cc1ccccc1-c1nc(C)c(I)c(N)n1. The van der Waals surface area contributed by atoms with Gasteiger partial charge in [0.25, 0.3) is 0 Å². The van der Waals surface area contributed by atoms with Gasteiger partial charge in [0, 0.05) is 5.56 Å². The van der Waals surface area contributed by atoms with Gasteiger partial charge < -0.3 is 5.73 Å². The number of nitrogen functional groups attached to an aromatic ring is 1. The molecule has 16 heavy (non-hydrogen) atoms. The topological polar surface area (TPSA) is 51.8 Å². The Labute approximate surface area is 108 Å². The Hall–Kier alpha value is -1.17. The monoisotopic (exact) mass is 325 g/mol. The molecule has 3 nitrogen and oxygen atoms in total. The van der Waals surface area contributed by atoms with E-state index in [-0.39, 0.29) is 0 Å². The lowest BCUT2D eigenvalue weighted by molar-refractivity contribution is 1.10. The number of aromatic nitrogens is 2. The Morgan fingerprint density at radius 3 is 2.44 bits per heavy atom. The standard InChI is InChI=1S/C12H12IN3/c1-7-5-3-4-6-9(7)12-15-8(2)10(13)11(14)16-12/h3-6H,1-2H3,(H2,14,15,16). The average molecular weight is 325 g/mol. The summed E-state index contributed by atoms with van der Waals surface area (Å²) in [4.78, 5) is 8.79. The average Bonchev–Trinajstić information content (AvgIpc) is 2.26. The van der Waals surface area contributed by atoms with Crippen molar-refractivity contribution in [2.75, 3.05) is 5.73 Å². The third-order valence-corrected chi connectivity index (χ3v) is 3.76. The summed E-state index contributed by atoms with van der Waals surface area (Å²) in [5, 5.41) is 0. The van der Waals surface area contributed by atoms with Gasteiger partial charge >= 0.3 is 0 Å². The summed E-state index contributed by atoms with van der Waals surface area (Å²) >= 11 is 2.16. The van der Waals surface area contributed by atoms with Crippen LogP contribution in [0.5, 0.6) is 0 Å². The van der Waals surface area contributed by atoms with Crippen LogP contribution in [0.25, 0.3) is 11.4 Å². The second-order valence-electron chi connectivity index (χ2n) is 3.65. The summed E-state index contributed by atoms with van der Waals surface area (Å²) < 4.78 is 0.926. The van der Waals surface area contributed by atoms with Crippen LogP contribution in [0, 0.1) is 17.4 Å². The maximum Gasteiger partial charge on any atom is 0.162 e. The highest BCUT2D eigenvalue weighted by molar-refractivity contribution is 14.1. The van der Waals surface area contributed by atoms with E-state index in [1.807, 2.05) is 38.1 Å². The fraction of sp³-hybridized carbons (Fsp3) is 0.167. The van der Waals surface area contributed by atoms with Crippen molar-refractivity contribution in [2.45, 2.75) is 13.8 Å². The van der Waals surface area contributed by atoms with Crippen LogP contribution >= 0.6 is 22.6 Å². The molecule has 0 aliphatic carbocycles. The minimum absolute atomic E-state index is 0.548. The van der Waals surface area contributed by atoms with E-state index in [0.717, 1.165) is 20.4 Å². The lowest BCUT2D eigenvalue weighted by atomic mass is 10.1. The van der Waals surface area contributed by atoms with Crippen LogP contribution in [-0.2, 0) is 0 Å². The van der Waals surface area contributed by atoms with E-state index in [1.165, 1.54) is 0 Å². The van der Waals surface area contributed by atoms with E-state index >= 15 is 0 Å². The number of hydrogen-bond donors (Lipinski definition) is 1. The molecular formula is C12H12IN3. The zero-order valence-electron chi connectivity index (χ0n) is 9.16. The summed E-state index contributed by atoms with van der Waals surface area (Å²) in [7, 11) is 0. The molecule has 0 radical (unpaired) electrons. The molecule has 1 aromatic carbocycles. The fourth-order valence-electron chi connectivity index (χ4n) is 1.53. The summed E-state index contributed by atoms with van der Waals surface area (Å²) in [6.07, 6.45) is 0. The highest BCUT2D eigenvalue weighted by Gasteiger charge is 2.09. The van der Waals surface area contributed by atoms with Crippen LogP contribution in [0.3, 0.4) is 0 Å². The van der Waals surface area contributed by atoms with E-state index < -0.39 is 0 Å². The molecule has 0 aliphatic rings. The Morgan fingerprint density at radius 1 is 1.12 bits per heavy atom. The van der Waals surface area contributed by atoms with E-state index in [0.29, 0.717) is 11.6 Å². The summed E-state index contributed by atoms with van der Waals surface area (Å²) in [5.74, 6) is 1.25.